The molecule has 3 aromatic carbocycles. The molecule has 0 aliphatic carbocycles. The first kappa shape index (κ1) is 22.0. The summed E-state index contributed by atoms with van der Waals surface area (Å²) in [6, 6.07) is 19.4. The van der Waals surface area contributed by atoms with E-state index in [-0.39, 0.29) is 22.9 Å². The molecule has 166 valence electrons. The van der Waals surface area contributed by atoms with Crippen molar-refractivity contribution >= 4 is 40.4 Å². The van der Waals surface area contributed by atoms with Crippen molar-refractivity contribution in [2.24, 2.45) is 0 Å². The van der Waals surface area contributed by atoms with Gasteiger partial charge in [-0.25, -0.2) is 9.29 Å². The molecule has 7 heteroatoms. The van der Waals surface area contributed by atoms with Crippen molar-refractivity contribution in [3.63, 3.8) is 0 Å². The van der Waals surface area contributed by atoms with E-state index in [0.717, 1.165) is 16.9 Å². The smallest absolute Gasteiger partial charge is 0.282 e. The van der Waals surface area contributed by atoms with E-state index < -0.39 is 17.6 Å². The zero-order valence-electron chi connectivity index (χ0n) is 18.2. The lowest BCUT2D eigenvalue weighted by Gasteiger charge is -2.15. The molecular weight excluding hydrogens is 421 g/mol. The van der Waals surface area contributed by atoms with Crippen LogP contribution in [0.15, 0.2) is 78.5 Å². The van der Waals surface area contributed by atoms with Crippen LogP contribution in [0.4, 0.5) is 21.5 Å². The first-order valence-electron chi connectivity index (χ1n) is 10.5. The van der Waals surface area contributed by atoms with Crippen LogP contribution >= 0.6 is 0 Å². The third-order valence-electron chi connectivity index (χ3n) is 5.29. The summed E-state index contributed by atoms with van der Waals surface area (Å²) in [5.74, 6) is -1.73. The molecule has 1 heterocycles. The van der Waals surface area contributed by atoms with Gasteiger partial charge in [0.15, 0.2) is 0 Å². The monoisotopic (exact) mass is 443 g/mol. The third kappa shape index (κ3) is 4.52. The van der Waals surface area contributed by atoms with Crippen molar-refractivity contribution in [1.82, 2.24) is 0 Å². The Morgan fingerprint density at radius 3 is 2.03 bits per heavy atom. The number of benzene rings is 3. The van der Waals surface area contributed by atoms with E-state index in [1.54, 1.807) is 24.3 Å². The van der Waals surface area contributed by atoms with E-state index in [1.165, 1.54) is 31.2 Å². The summed E-state index contributed by atoms with van der Waals surface area (Å²) >= 11 is 0. The Kier molecular flexibility index (Phi) is 6.04. The number of imide groups is 1. The first-order chi connectivity index (χ1) is 15.9. The Bertz CT molecular complexity index is 1250. The minimum Gasteiger partial charge on any atom is -0.350 e. The van der Waals surface area contributed by atoms with Crippen molar-refractivity contribution in [1.29, 1.82) is 0 Å². The van der Waals surface area contributed by atoms with Crippen LogP contribution in [-0.2, 0) is 20.8 Å². The van der Waals surface area contributed by atoms with Gasteiger partial charge in [-0.2, -0.15) is 0 Å². The fourth-order valence-electron chi connectivity index (χ4n) is 3.63. The highest BCUT2D eigenvalue weighted by molar-refractivity contribution is 6.46. The van der Waals surface area contributed by atoms with Crippen molar-refractivity contribution in [3.8, 4) is 0 Å². The molecule has 0 spiro atoms. The summed E-state index contributed by atoms with van der Waals surface area (Å²) in [5.41, 5.74) is 3.49. The van der Waals surface area contributed by atoms with Crippen molar-refractivity contribution in [2.45, 2.75) is 20.3 Å². The molecule has 33 heavy (non-hydrogen) atoms. The van der Waals surface area contributed by atoms with E-state index in [0.29, 0.717) is 16.9 Å². The predicted molar refractivity (Wildman–Crippen MR) is 126 cm³/mol. The number of anilines is 3. The molecule has 0 aromatic heterocycles. The summed E-state index contributed by atoms with van der Waals surface area (Å²) in [5, 5.41) is 5.78. The van der Waals surface area contributed by atoms with Gasteiger partial charge in [0, 0.05) is 18.3 Å². The number of halogens is 1. The van der Waals surface area contributed by atoms with Gasteiger partial charge in [0.05, 0.1) is 11.3 Å². The largest absolute Gasteiger partial charge is 0.350 e. The topological polar surface area (TPSA) is 78.5 Å². The number of hydrogen-bond acceptors (Lipinski definition) is 4. The number of hydrogen-bond donors (Lipinski definition) is 2. The van der Waals surface area contributed by atoms with Gasteiger partial charge in [-0.15, -0.1) is 0 Å². The van der Waals surface area contributed by atoms with E-state index in [4.69, 9.17) is 0 Å². The number of amides is 3. The highest BCUT2D eigenvalue weighted by atomic mass is 19.1. The molecule has 0 atom stereocenters. The van der Waals surface area contributed by atoms with E-state index in [1.807, 2.05) is 31.2 Å². The molecule has 3 amide bonds. The normalized spacial score (nSPS) is 13.5. The van der Waals surface area contributed by atoms with Crippen LogP contribution in [0.1, 0.15) is 25.0 Å². The molecule has 2 N–H and O–H groups in total. The summed E-state index contributed by atoms with van der Waals surface area (Å²) in [6.45, 7) is 3.45. The molecule has 0 saturated heterocycles. The Labute approximate surface area is 190 Å². The molecule has 0 bridgehead atoms. The number of nitrogens with zero attached hydrogens (tertiary/aromatic N) is 1. The van der Waals surface area contributed by atoms with Crippen LogP contribution in [0.25, 0.3) is 5.57 Å². The Morgan fingerprint density at radius 1 is 0.848 bits per heavy atom. The molecule has 0 unspecified atom stereocenters. The molecule has 0 saturated carbocycles. The van der Waals surface area contributed by atoms with Crippen LogP contribution in [0, 0.1) is 5.82 Å². The van der Waals surface area contributed by atoms with Gasteiger partial charge < -0.3 is 10.6 Å². The average molecular weight is 443 g/mol. The Hall–Kier alpha value is -4.26. The van der Waals surface area contributed by atoms with Gasteiger partial charge in [-0.05, 0) is 66.1 Å². The molecule has 0 radical (unpaired) electrons. The molecular formula is C26H22FN3O3. The summed E-state index contributed by atoms with van der Waals surface area (Å²) in [7, 11) is 0. The second kappa shape index (κ2) is 9.08. The predicted octanol–water partition coefficient (Wildman–Crippen LogP) is 4.74. The van der Waals surface area contributed by atoms with Gasteiger partial charge in [0.1, 0.15) is 11.5 Å². The van der Waals surface area contributed by atoms with Crippen molar-refractivity contribution in [2.75, 3.05) is 15.5 Å². The fourth-order valence-corrected chi connectivity index (χ4v) is 3.63. The average Bonchev–Trinajstić information content (AvgIpc) is 3.04. The van der Waals surface area contributed by atoms with E-state index >= 15 is 0 Å². The molecule has 0 fully saturated rings. The number of carbonyl (C=O) groups excluding carboxylic acids is 3. The maximum atomic E-state index is 13.4. The van der Waals surface area contributed by atoms with Crippen molar-refractivity contribution in [3.05, 3.63) is 95.4 Å². The lowest BCUT2D eigenvalue weighted by Crippen LogP contribution is -2.32. The SMILES string of the molecule is CCc1ccc(NC2=C(c3ccc(NC(C)=O)cc3)C(=O)N(c3ccc(F)cc3)C2=O)cc1. The van der Waals surface area contributed by atoms with E-state index in [9.17, 15) is 18.8 Å². The van der Waals surface area contributed by atoms with E-state index in [2.05, 4.69) is 10.6 Å². The molecule has 3 aromatic rings. The second-order valence-electron chi connectivity index (χ2n) is 7.61. The molecule has 4 rings (SSSR count). The maximum absolute atomic E-state index is 13.4. The zero-order chi connectivity index (χ0) is 23.5. The van der Waals surface area contributed by atoms with Crippen molar-refractivity contribution < 1.29 is 18.8 Å². The Morgan fingerprint density at radius 2 is 1.45 bits per heavy atom. The lowest BCUT2D eigenvalue weighted by molar-refractivity contribution is -0.120. The van der Waals surface area contributed by atoms with Crippen LogP contribution in [0.3, 0.4) is 0 Å². The molecule has 1 aliphatic rings. The molecule has 6 nitrogen and oxygen atoms in total. The minimum atomic E-state index is -0.535. The van der Waals surface area contributed by atoms with Gasteiger partial charge >= 0.3 is 0 Å². The van der Waals surface area contributed by atoms with Gasteiger partial charge in [0.25, 0.3) is 11.8 Å². The van der Waals surface area contributed by atoms with Crippen LogP contribution in [0.2, 0.25) is 0 Å². The Balaban J connectivity index is 1.76. The van der Waals surface area contributed by atoms with Gasteiger partial charge in [-0.3, -0.25) is 14.4 Å². The number of nitrogens with one attached hydrogen (secondary N) is 2. The number of carbonyl (C=O) groups is 3. The fraction of sp³-hybridized carbons (Fsp3) is 0.115. The lowest BCUT2D eigenvalue weighted by atomic mass is 10.0. The number of rotatable bonds is 6. The second-order valence-corrected chi connectivity index (χ2v) is 7.61. The van der Waals surface area contributed by atoms with Gasteiger partial charge in [-0.1, -0.05) is 31.2 Å². The highest BCUT2D eigenvalue weighted by Crippen LogP contribution is 2.34. The van der Waals surface area contributed by atoms with Crippen LogP contribution in [0.5, 0.6) is 0 Å². The van der Waals surface area contributed by atoms with Gasteiger partial charge in [0.2, 0.25) is 5.91 Å². The number of aryl methyl sites for hydroxylation is 1. The zero-order valence-corrected chi connectivity index (χ0v) is 18.2. The highest BCUT2D eigenvalue weighted by Gasteiger charge is 2.40. The van der Waals surface area contributed by atoms with Crippen LogP contribution in [-0.4, -0.2) is 17.7 Å². The minimum absolute atomic E-state index is 0.126. The molecule has 1 aliphatic heterocycles. The third-order valence-corrected chi connectivity index (χ3v) is 5.29. The summed E-state index contributed by atoms with van der Waals surface area (Å²) in [6.07, 6.45) is 0.880. The first-order valence-corrected chi connectivity index (χ1v) is 10.5. The maximum Gasteiger partial charge on any atom is 0.282 e. The summed E-state index contributed by atoms with van der Waals surface area (Å²) in [4.78, 5) is 39.1. The summed E-state index contributed by atoms with van der Waals surface area (Å²) < 4.78 is 13.4. The van der Waals surface area contributed by atoms with Crippen LogP contribution < -0.4 is 15.5 Å². The quantitative estimate of drug-likeness (QED) is 0.540. The standard InChI is InChI=1S/C26H22FN3O3/c1-3-17-4-10-21(11-5-17)29-24-23(18-6-12-20(13-7-18)28-16(2)31)25(32)30(26(24)33)22-14-8-19(27)9-15-22/h4-15,29H,3H2,1-2H3,(H,28,31).